The van der Waals surface area contributed by atoms with Gasteiger partial charge in [-0.1, -0.05) is 36.4 Å². The largest absolute Gasteiger partial charge is 0.366 e. The molecule has 0 amide bonds. The second-order valence-corrected chi connectivity index (χ2v) is 10.6. The zero-order valence-electron chi connectivity index (χ0n) is 21.2. The standard InChI is InChI=1S/C29H35BN6/c30-26-20-33-36-28(32-19-21-5-4-14-31-18-21)17-27(34-29(26)36)24-12-15-35(16-13-24)25-10-8-23(9-11-25)22-6-2-1-3-7-22/h1-7,14,17-18,20,23-25,32H,8-13,15-16,19,30H2. The molecule has 2 fully saturated rings. The van der Waals surface area contributed by atoms with Crippen LogP contribution in [0.3, 0.4) is 0 Å². The maximum Gasteiger partial charge on any atom is 0.151 e. The minimum atomic E-state index is 0.500. The summed E-state index contributed by atoms with van der Waals surface area (Å²) in [6, 6.07) is 18.1. The van der Waals surface area contributed by atoms with Gasteiger partial charge in [0.2, 0.25) is 0 Å². The van der Waals surface area contributed by atoms with Crippen molar-refractivity contribution < 1.29 is 0 Å². The van der Waals surface area contributed by atoms with Crippen molar-refractivity contribution in [2.75, 3.05) is 18.4 Å². The lowest BCUT2D eigenvalue weighted by atomic mass is 9.80. The van der Waals surface area contributed by atoms with E-state index in [1.807, 2.05) is 29.2 Å². The van der Waals surface area contributed by atoms with Gasteiger partial charge in [0.15, 0.2) is 5.65 Å². The summed E-state index contributed by atoms with van der Waals surface area (Å²) in [5, 5.41) is 8.17. The monoisotopic (exact) mass is 478 g/mol. The van der Waals surface area contributed by atoms with Crippen molar-refractivity contribution in [3.05, 3.63) is 83.9 Å². The highest BCUT2D eigenvalue weighted by Gasteiger charge is 2.30. The first-order valence-corrected chi connectivity index (χ1v) is 13.5. The third-order valence-corrected chi connectivity index (χ3v) is 8.30. The summed E-state index contributed by atoms with van der Waals surface area (Å²) in [6.45, 7) is 3.07. The van der Waals surface area contributed by atoms with Crippen molar-refractivity contribution in [2.45, 2.75) is 62.9 Å². The Morgan fingerprint density at radius 3 is 2.44 bits per heavy atom. The molecule has 1 saturated heterocycles. The molecule has 1 aliphatic carbocycles. The smallest absolute Gasteiger partial charge is 0.151 e. The van der Waals surface area contributed by atoms with E-state index in [2.05, 4.69) is 70.6 Å². The second-order valence-electron chi connectivity index (χ2n) is 10.6. The SMILES string of the molecule is Bc1cnn2c(NCc3cccnc3)cc(C3CCN(C4CCC(c5ccccc5)CC4)CC3)nc12. The van der Waals surface area contributed by atoms with Crippen molar-refractivity contribution in [3.8, 4) is 0 Å². The Morgan fingerprint density at radius 2 is 1.69 bits per heavy atom. The van der Waals surface area contributed by atoms with Crippen LogP contribution < -0.4 is 10.8 Å². The minimum Gasteiger partial charge on any atom is -0.366 e. The molecule has 3 aromatic heterocycles. The molecule has 7 heteroatoms. The highest BCUT2D eigenvalue weighted by atomic mass is 15.3. The molecule has 0 bridgehead atoms. The molecule has 4 heterocycles. The lowest BCUT2D eigenvalue weighted by Gasteiger charge is -2.41. The molecular formula is C29H35BN6. The second kappa shape index (κ2) is 10.4. The number of nitrogens with zero attached hydrogens (tertiary/aromatic N) is 5. The van der Waals surface area contributed by atoms with Crippen LogP contribution in [0.15, 0.2) is 67.1 Å². The Morgan fingerprint density at radius 1 is 0.889 bits per heavy atom. The fourth-order valence-corrected chi connectivity index (χ4v) is 6.18. The Balaban J connectivity index is 1.10. The molecule has 0 unspecified atom stereocenters. The van der Waals surface area contributed by atoms with Gasteiger partial charge in [-0.3, -0.25) is 4.98 Å². The summed E-state index contributed by atoms with van der Waals surface area (Å²) in [7, 11) is 2.10. The summed E-state index contributed by atoms with van der Waals surface area (Å²) >= 11 is 0. The Labute approximate surface area is 214 Å². The molecule has 184 valence electrons. The average Bonchev–Trinajstić information content (AvgIpc) is 3.33. The van der Waals surface area contributed by atoms with E-state index >= 15 is 0 Å². The average molecular weight is 478 g/mol. The van der Waals surface area contributed by atoms with Crippen LogP contribution in [-0.4, -0.2) is 51.5 Å². The number of hydrogen-bond donors (Lipinski definition) is 1. The van der Waals surface area contributed by atoms with Crippen LogP contribution in [0, 0.1) is 0 Å². The maximum atomic E-state index is 5.08. The summed E-state index contributed by atoms with van der Waals surface area (Å²) in [5.74, 6) is 2.25. The zero-order valence-corrected chi connectivity index (χ0v) is 21.2. The summed E-state index contributed by atoms with van der Waals surface area (Å²) < 4.78 is 1.94. The van der Waals surface area contributed by atoms with Crippen molar-refractivity contribution in [1.82, 2.24) is 24.5 Å². The van der Waals surface area contributed by atoms with Crippen LogP contribution in [-0.2, 0) is 6.54 Å². The first-order chi connectivity index (χ1) is 17.7. The molecule has 0 radical (unpaired) electrons. The number of nitrogens with one attached hydrogen (secondary N) is 1. The van der Waals surface area contributed by atoms with E-state index in [0.29, 0.717) is 5.92 Å². The van der Waals surface area contributed by atoms with Crippen molar-refractivity contribution in [2.24, 2.45) is 0 Å². The molecule has 36 heavy (non-hydrogen) atoms. The van der Waals surface area contributed by atoms with Crippen molar-refractivity contribution in [3.63, 3.8) is 0 Å². The van der Waals surface area contributed by atoms with E-state index in [1.165, 1.54) is 62.9 Å². The summed E-state index contributed by atoms with van der Waals surface area (Å²) in [4.78, 5) is 12.1. The molecular weight excluding hydrogens is 443 g/mol. The molecule has 4 aromatic rings. The van der Waals surface area contributed by atoms with E-state index in [4.69, 9.17) is 4.98 Å². The molecule has 0 spiro atoms. The van der Waals surface area contributed by atoms with E-state index in [1.54, 1.807) is 0 Å². The number of likely N-dealkylation sites (tertiary alicyclic amines) is 1. The molecule has 1 aliphatic heterocycles. The van der Waals surface area contributed by atoms with Crippen molar-refractivity contribution in [1.29, 1.82) is 0 Å². The highest BCUT2D eigenvalue weighted by Crippen LogP contribution is 2.37. The van der Waals surface area contributed by atoms with E-state index in [9.17, 15) is 0 Å². The van der Waals surface area contributed by atoms with Crippen molar-refractivity contribution >= 4 is 24.8 Å². The lowest BCUT2D eigenvalue weighted by Crippen LogP contribution is -2.42. The third kappa shape index (κ3) is 4.89. The van der Waals surface area contributed by atoms with E-state index in [-0.39, 0.29) is 0 Å². The van der Waals surface area contributed by atoms with Gasteiger partial charge in [0.25, 0.3) is 0 Å². The maximum absolute atomic E-state index is 5.08. The number of hydrogen-bond acceptors (Lipinski definition) is 5. The van der Waals surface area contributed by atoms with Gasteiger partial charge in [0.05, 0.1) is 0 Å². The number of fused-ring (bicyclic) bond motifs is 1. The molecule has 6 nitrogen and oxygen atoms in total. The fraction of sp³-hybridized carbons (Fsp3) is 0.414. The number of aromatic nitrogens is 4. The Bertz CT molecular complexity index is 1280. The number of rotatable bonds is 6. The van der Waals surface area contributed by atoms with Crippen LogP contribution in [0.25, 0.3) is 5.65 Å². The van der Waals surface area contributed by atoms with Gasteiger partial charge >= 0.3 is 0 Å². The molecule has 1 N–H and O–H groups in total. The van der Waals surface area contributed by atoms with E-state index < -0.39 is 0 Å². The van der Waals surface area contributed by atoms with Gasteiger partial charge in [-0.2, -0.15) is 9.61 Å². The van der Waals surface area contributed by atoms with Crippen LogP contribution in [0.2, 0.25) is 0 Å². The predicted octanol–water partition coefficient (Wildman–Crippen LogP) is 3.90. The summed E-state index contributed by atoms with van der Waals surface area (Å²) in [6.07, 6.45) is 13.3. The molecule has 1 saturated carbocycles. The lowest BCUT2D eigenvalue weighted by molar-refractivity contribution is 0.116. The van der Waals surface area contributed by atoms with Crippen LogP contribution in [0.5, 0.6) is 0 Å². The van der Waals surface area contributed by atoms with Crippen LogP contribution >= 0.6 is 0 Å². The Kier molecular flexibility index (Phi) is 6.73. The number of pyridine rings is 1. The normalized spacial score (nSPS) is 21.6. The van der Waals surface area contributed by atoms with Gasteiger partial charge in [-0.05, 0) is 80.2 Å². The first kappa shape index (κ1) is 23.2. The third-order valence-electron chi connectivity index (χ3n) is 8.30. The topological polar surface area (TPSA) is 58.4 Å². The fourth-order valence-electron chi connectivity index (χ4n) is 6.18. The molecule has 6 rings (SSSR count). The number of anilines is 1. The quantitative estimate of drug-likeness (QED) is 0.426. The van der Waals surface area contributed by atoms with Gasteiger partial charge in [-0.15, -0.1) is 0 Å². The number of benzene rings is 1. The first-order valence-electron chi connectivity index (χ1n) is 13.5. The zero-order chi connectivity index (χ0) is 24.3. The van der Waals surface area contributed by atoms with Crippen LogP contribution in [0.1, 0.15) is 67.2 Å². The molecule has 2 aliphatic rings. The number of piperidine rings is 1. The van der Waals surface area contributed by atoms with E-state index in [0.717, 1.165) is 41.0 Å². The van der Waals surface area contributed by atoms with Gasteiger partial charge in [0, 0.05) is 48.9 Å². The Hall–Kier alpha value is -3.19. The minimum absolute atomic E-state index is 0.500. The highest BCUT2D eigenvalue weighted by molar-refractivity contribution is 6.36. The summed E-state index contributed by atoms with van der Waals surface area (Å²) in [5.41, 5.74) is 5.96. The van der Waals surface area contributed by atoms with Crippen LogP contribution in [0.4, 0.5) is 5.82 Å². The predicted molar refractivity (Wildman–Crippen MR) is 148 cm³/mol. The molecule has 0 atom stereocenters. The molecule has 1 aromatic carbocycles. The van der Waals surface area contributed by atoms with Gasteiger partial charge < -0.3 is 10.2 Å². The van der Waals surface area contributed by atoms with Gasteiger partial charge in [0.1, 0.15) is 13.7 Å². The van der Waals surface area contributed by atoms with Gasteiger partial charge in [-0.25, -0.2) is 4.98 Å².